The summed E-state index contributed by atoms with van der Waals surface area (Å²) in [5, 5.41) is 0. The molecule has 0 aromatic carbocycles. The van der Waals surface area contributed by atoms with Crippen LogP contribution in [-0.4, -0.2) is 17.1 Å². The summed E-state index contributed by atoms with van der Waals surface area (Å²) >= 11 is 0. The summed E-state index contributed by atoms with van der Waals surface area (Å²) in [6.45, 7) is 8.62. The van der Waals surface area contributed by atoms with Gasteiger partial charge in [0.1, 0.15) is 6.10 Å². The van der Waals surface area contributed by atoms with E-state index in [4.69, 9.17) is 4.74 Å². The number of hydrogen-bond donors (Lipinski definition) is 0. The van der Waals surface area contributed by atoms with Crippen LogP contribution in [0.2, 0.25) is 0 Å². The number of carbonyl (C=O) groups excluding carboxylic acids is 1. The molecule has 1 aromatic heterocycles. The molecule has 1 saturated heterocycles. The van der Waals surface area contributed by atoms with Crippen LogP contribution in [0.5, 0.6) is 0 Å². The summed E-state index contributed by atoms with van der Waals surface area (Å²) in [5.41, 5.74) is 2.21. The molecule has 0 N–H and O–H groups in total. The third-order valence-corrected chi connectivity index (χ3v) is 5.39. The summed E-state index contributed by atoms with van der Waals surface area (Å²) in [6.07, 6.45) is 8.15. The number of nitrogens with zero attached hydrogens (tertiary/aromatic N) is 1. The first-order chi connectivity index (χ1) is 10.4. The molecule has 0 amide bonds. The molecule has 0 spiro atoms. The van der Waals surface area contributed by atoms with E-state index in [-0.39, 0.29) is 35.2 Å². The molecular weight excluding hydrogens is 274 g/mol. The summed E-state index contributed by atoms with van der Waals surface area (Å²) < 4.78 is 5.50. The highest BCUT2D eigenvalue weighted by Crippen LogP contribution is 2.51. The third-order valence-electron chi connectivity index (χ3n) is 5.39. The number of carbonyl (C=O) groups is 1. The summed E-state index contributed by atoms with van der Waals surface area (Å²) in [5.74, 6) is 0.266. The number of hydrogen-bond acceptors (Lipinski definition) is 3. The second kappa shape index (κ2) is 5.38. The van der Waals surface area contributed by atoms with Crippen molar-refractivity contribution < 1.29 is 9.53 Å². The van der Waals surface area contributed by atoms with Gasteiger partial charge in [0.05, 0.1) is 11.6 Å². The van der Waals surface area contributed by atoms with E-state index in [9.17, 15) is 4.79 Å². The molecule has 3 heteroatoms. The Kier molecular flexibility index (Phi) is 3.67. The highest BCUT2D eigenvalue weighted by atomic mass is 16.6. The quantitative estimate of drug-likeness (QED) is 0.614. The van der Waals surface area contributed by atoms with Crippen molar-refractivity contribution >= 4 is 12.0 Å². The van der Waals surface area contributed by atoms with Crippen molar-refractivity contribution in [2.45, 2.75) is 33.8 Å². The summed E-state index contributed by atoms with van der Waals surface area (Å²) in [4.78, 5) is 16.4. The number of rotatable bonds is 2. The van der Waals surface area contributed by atoms with Crippen LogP contribution in [-0.2, 0) is 9.53 Å². The number of fused-ring (bicyclic) bond motifs is 1. The maximum Gasteiger partial charge on any atom is 0.313 e. The number of esters is 1. The van der Waals surface area contributed by atoms with Crippen molar-refractivity contribution in [3.63, 3.8) is 0 Å². The lowest BCUT2D eigenvalue weighted by Crippen LogP contribution is -2.40. The number of pyridine rings is 1. The average molecular weight is 297 g/mol. The maximum atomic E-state index is 12.1. The first-order valence-electron chi connectivity index (χ1n) is 7.90. The number of aromatic nitrogens is 1. The van der Waals surface area contributed by atoms with Crippen LogP contribution in [0.1, 0.15) is 33.4 Å². The molecule has 1 aliphatic heterocycles. The highest BCUT2D eigenvalue weighted by molar-refractivity contribution is 5.78. The van der Waals surface area contributed by atoms with Crippen LogP contribution in [0.3, 0.4) is 0 Å². The zero-order chi connectivity index (χ0) is 15.9. The van der Waals surface area contributed by atoms with Gasteiger partial charge in [0.15, 0.2) is 0 Å². The SMILES string of the molecule is CC1=C[C@H]2C(=O)O[C@H](C)[C@H]2[C@@H](/C=C/c2ccccn2)C1(C)C. The van der Waals surface area contributed by atoms with E-state index in [1.807, 2.05) is 25.1 Å². The van der Waals surface area contributed by atoms with Crippen LogP contribution in [0.25, 0.3) is 6.08 Å². The molecule has 1 aromatic rings. The summed E-state index contributed by atoms with van der Waals surface area (Å²) in [6, 6.07) is 5.89. The molecule has 0 saturated carbocycles. The lowest BCUT2D eigenvalue weighted by Gasteiger charge is -2.43. The average Bonchev–Trinajstić information content (AvgIpc) is 2.75. The monoisotopic (exact) mass is 297 g/mol. The minimum Gasteiger partial charge on any atom is -0.462 e. The number of ether oxygens (including phenoxy) is 1. The van der Waals surface area contributed by atoms with Crippen molar-refractivity contribution in [1.82, 2.24) is 4.98 Å². The van der Waals surface area contributed by atoms with Crippen molar-refractivity contribution in [3.8, 4) is 0 Å². The number of allylic oxidation sites excluding steroid dienone is 2. The topological polar surface area (TPSA) is 39.2 Å². The van der Waals surface area contributed by atoms with Gasteiger partial charge in [-0.1, -0.05) is 37.6 Å². The van der Waals surface area contributed by atoms with Gasteiger partial charge in [-0.25, -0.2) is 0 Å². The Morgan fingerprint density at radius 1 is 1.32 bits per heavy atom. The summed E-state index contributed by atoms with van der Waals surface area (Å²) in [7, 11) is 0. The molecular formula is C19H23NO2. The number of cyclic esters (lactones) is 1. The molecule has 4 atom stereocenters. The molecule has 3 rings (SSSR count). The Labute approximate surface area is 132 Å². The molecule has 1 fully saturated rings. The first-order valence-corrected chi connectivity index (χ1v) is 7.90. The van der Waals surface area contributed by atoms with Crippen molar-refractivity contribution in [2.24, 2.45) is 23.2 Å². The van der Waals surface area contributed by atoms with Crippen LogP contribution in [0.4, 0.5) is 0 Å². The fourth-order valence-corrected chi connectivity index (χ4v) is 3.76. The Bertz CT molecular complexity index is 630. The Hall–Kier alpha value is -1.90. The second-order valence-corrected chi connectivity index (χ2v) is 6.96. The van der Waals surface area contributed by atoms with Gasteiger partial charge in [0.2, 0.25) is 0 Å². The normalized spacial score (nSPS) is 33.5. The largest absolute Gasteiger partial charge is 0.462 e. The molecule has 0 bridgehead atoms. The van der Waals surface area contributed by atoms with E-state index in [1.54, 1.807) is 6.20 Å². The molecule has 2 heterocycles. The lowest BCUT2D eigenvalue weighted by atomic mass is 9.59. The fraction of sp³-hybridized carbons (Fsp3) is 0.474. The fourth-order valence-electron chi connectivity index (χ4n) is 3.76. The maximum absolute atomic E-state index is 12.1. The lowest BCUT2D eigenvalue weighted by molar-refractivity contribution is -0.142. The second-order valence-electron chi connectivity index (χ2n) is 6.96. The van der Waals surface area contributed by atoms with Gasteiger partial charge in [-0.05, 0) is 43.4 Å². The van der Waals surface area contributed by atoms with Gasteiger partial charge in [-0.3, -0.25) is 9.78 Å². The molecule has 116 valence electrons. The molecule has 2 aliphatic rings. The van der Waals surface area contributed by atoms with Gasteiger partial charge < -0.3 is 4.74 Å². The molecule has 0 radical (unpaired) electrons. The standard InChI is InChI=1S/C19H23NO2/c1-12-11-15-17(13(2)22-18(15)21)16(19(12,3)4)9-8-14-7-5-6-10-20-14/h5-11,13,15-17H,1-4H3/b9-8+/t13-,15-,16-,17-/m1/s1. The van der Waals surface area contributed by atoms with E-state index in [0.29, 0.717) is 0 Å². The zero-order valence-electron chi connectivity index (χ0n) is 13.6. The van der Waals surface area contributed by atoms with E-state index >= 15 is 0 Å². The van der Waals surface area contributed by atoms with Crippen LogP contribution >= 0.6 is 0 Å². The van der Waals surface area contributed by atoms with E-state index < -0.39 is 0 Å². The highest BCUT2D eigenvalue weighted by Gasteiger charge is 2.52. The smallest absolute Gasteiger partial charge is 0.313 e. The van der Waals surface area contributed by atoms with Gasteiger partial charge >= 0.3 is 5.97 Å². The molecule has 0 unspecified atom stereocenters. The van der Waals surface area contributed by atoms with E-state index in [2.05, 4.69) is 44.0 Å². The van der Waals surface area contributed by atoms with Gasteiger partial charge in [0, 0.05) is 12.1 Å². The van der Waals surface area contributed by atoms with Gasteiger partial charge in [-0.2, -0.15) is 0 Å². The van der Waals surface area contributed by atoms with Crippen molar-refractivity contribution in [2.75, 3.05) is 0 Å². The van der Waals surface area contributed by atoms with E-state index in [0.717, 1.165) is 5.69 Å². The molecule has 1 aliphatic carbocycles. The predicted molar refractivity (Wildman–Crippen MR) is 86.8 cm³/mol. The zero-order valence-corrected chi connectivity index (χ0v) is 13.6. The minimum atomic E-state index is -0.110. The third kappa shape index (κ3) is 2.39. The van der Waals surface area contributed by atoms with E-state index in [1.165, 1.54) is 5.57 Å². The minimum absolute atomic E-state index is 0.00862. The Balaban J connectivity index is 1.98. The van der Waals surface area contributed by atoms with Crippen LogP contribution < -0.4 is 0 Å². The molecule has 22 heavy (non-hydrogen) atoms. The predicted octanol–water partition coefficient (Wildman–Crippen LogP) is 3.87. The first kappa shape index (κ1) is 15.0. The van der Waals surface area contributed by atoms with Gasteiger partial charge in [-0.15, -0.1) is 0 Å². The van der Waals surface area contributed by atoms with Crippen molar-refractivity contribution in [1.29, 1.82) is 0 Å². The molecule has 3 nitrogen and oxygen atoms in total. The van der Waals surface area contributed by atoms with Crippen molar-refractivity contribution in [3.05, 3.63) is 47.8 Å². The van der Waals surface area contributed by atoms with Gasteiger partial charge in [0.25, 0.3) is 0 Å². The Morgan fingerprint density at radius 3 is 2.77 bits per heavy atom. The van der Waals surface area contributed by atoms with Crippen LogP contribution in [0, 0.1) is 23.2 Å². The van der Waals surface area contributed by atoms with Crippen LogP contribution in [0.15, 0.2) is 42.1 Å². The Morgan fingerprint density at radius 2 is 2.09 bits per heavy atom.